The monoisotopic (exact) mass is 342 g/mol. The molecule has 3 N–H and O–H groups in total. The number of nitrogens with two attached hydrogens (primary N) is 1. The van der Waals surface area contributed by atoms with Gasteiger partial charge in [-0.15, -0.1) is 24.0 Å². The Balaban J connectivity index is 0.00000196. The Morgan fingerprint density at radius 2 is 1.73 bits per heavy atom. The molecule has 5 nitrogen and oxygen atoms in total. The summed E-state index contributed by atoms with van der Waals surface area (Å²) in [6.45, 7) is 1.37. The summed E-state index contributed by atoms with van der Waals surface area (Å²) >= 11 is 0. The zero-order valence-corrected chi connectivity index (χ0v) is 11.1. The van der Waals surface area contributed by atoms with Crippen LogP contribution in [0.5, 0.6) is 0 Å². The number of carbonyl (C=O) groups is 1. The molecule has 7 heteroatoms. The lowest BCUT2D eigenvalue weighted by molar-refractivity contribution is -0.114. The fourth-order valence-corrected chi connectivity index (χ4v) is 1.45. The molecule has 0 aliphatic rings. The van der Waals surface area contributed by atoms with Crippen molar-refractivity contribution in [1.29, 1.82) is 0 Å². The summed E-state index contributed by atoms with van der Waals surface area (Å²) < 4.78 is 21.7. The highest BCUT2D eigenvalue weighted by atomic mass is 127. The summed E-state index contributed by atoms with van der Waals surface area (Å²) in [4.78, 5) is 10.7. The summed E-state index contributed by atoms with van der Waals surface area (Å²) in [7, 11) is -3.66. The predicted molar refractivity (Wildman–Crippen MR) is 67.5 cm³/mol. The molecule has 0 bridgehead atoms. The van der Waals surface area contributed by atoms with Crippen LogP contribution in [-0.4, -0.2) is 14.3 Å². The van der Waals surface area contributed by atoms with Crippen LogP contribution in [0.25, 0.3) is 0 Å². The van der Waals surface area contributed by atoms with Crippen molar-refractivity contribution < 1.29 is 13.2 Å². The summed E-state index contributed by atoms with van der Waals surface area (Å²) in [5.74, 6) is -0.214. The summed E-state index contributed by atoms with van der Waals surface area (Å²) in [5, 5.41) is 7.40. The lowest BCUT2D eigenvalue weighted by Crippen LogP contribution is -2.12. The van der Waals surface area contributed by atoms with Gasteiger partial charge in [-0.2, -0.15) is 0 Å². The minimum atomic E-state index is -3.66. The maximum absolute atomic E-state index is 10.9. The van der Waals surface area contributed by atoms with E-state index in [2.05, 4.69) is 5.32 Å². The van der Waals surface area contributed by atoms with Crippen molar-refractivity contribution in [1.82, 2.24) is 0 Å². The van der Waals surface area contributed by atoms with E-state index in [0.717, 1.165) is 0 Å². The highest BCUT2D eigenvalue weighted by molar-refractivity contribution is 14.0. The molecule has 84 valence electrons. The van der Waals surface area contributed by atoms with Gasteiger partial charge in [0.05, 0.1) is 4.90 Å². The van der Waals surface area contributed by atoms with Crippen LogP contribution in [0.15, 0.2) is 29.2 Å². The fraction of sp³-hybridized carbons (Fsp3) is 0.125. The molecule has 0 unspecified atom stereocenters. The van der Waals surface area contributed by atoms with Crippen molar-refractivity contribution in [2.75, 3.05) is 5.32 Å². The lowest BCUT2D eigenvalue weighted by Gasteiger charge is -2.02. The molecule has 1 rings (SSSR count). The molecule has 0 saturated heterocycles. The Kier molecular flexibility index (Phi) is 5.18. The third-order valence-corrected chi connectivity index (χ3v) is 2.43. The molecule has 1 aromatic rings. The van der Waals surface area contributed by atoms with E-state index in [1.807, 2.05) is 0 Å². The number of carbonyl (C=O) groups excluding carboxylic acids is 1. The first-order valence-corrected chi connectivity index (χ1v) is 5.34. The van der Waals surface area contributed by atoms with Crippen LogP contribution in [0.3, 0.4) is 0 Å². The van der Waals surface area contributed by atoms with Gasteiger partial charge in [-0.1, -0.05) is 0 Å². The molecule has 0 atom stereocenters. The van der Waals surface area contributed by atoms with Crippen LogP contribution < -0.4 is 10.5 Å². The number of sulfonamides is 1. The van der Waals surface area contributed by atoms with Crippen molar-refractivity contribution in [3.63, 3.8) is 0 Å². The molecule has 0 heterocycles. The smallest absolute Gasteiger partial charge is 0.238 e. The normalized spacial score (nSPS) is 10.3. The molecule has 0 aliphatic carbocycles. The maximum atomic E-state index is 10.9. The summed E-state index contributed by atoms with van der Waals surface area (Å²) in [6, 6.07) is 5.61. The first-order valence-electron chi connectivity index (χ1n) is 3.80. The number of primary sulfonamides is 1. The minimum absolute atomic E-state index is 0. The van der Waals surface area contributed by atoms with Gasteiger partial charge in [0.15, 0.2) is 0 Å². The van der Waals surface area contributed by atoms with E-state index in [0.29, 0.717) is 5.69 Å². The Bertz CT molecular complexity index is 441. The van der Waals surface area contributed by atoms with E-state index in [9.17, 15) is 13.2 Å². The molecule has 1 aromatic carbocycles. The van der Waals surface area contributed by atoms with Crippen molar-refractivity contribution in [2.24, 2.45) is 5.14 Å². The van der Waals surface area contributed by atoms with Gasteiger partial charge in [-0.3, -0.25) is 4.79 Å². The average molecular weight is 342 g/mol. The van der Waals surface area contributed by atoms with E-state index in [1.165, 1.54) is 31.2 Å². The molecule has 0 saturated carbocycles. The largest absolute Gasteiger partial charge is 0.326 e. The maximum Gasteiger partial charge on any atom is 0.238 e. The van der Waals surface area contributed by atoms with E-state index in [1.54, 1.807) is 0 Å². The van der Waals surface area contributed by atoms with E-state index in [-0.39, 0.29) is 34.8 Å². The summed E-state index contributed by atoms with van der Waals surface area (Å²) in [6.07, 6.45) is 0. The summed E-state index contributed by atoms with van der Waals surface area (Å²) in [5.41, 5.74) is 0.532. The quantitative estimate of drug-likeness (QED) is 0.783. The van der Waals surface area contributed by atoms with E-state index < -0.39 is 10.0 Å². The van der Waals surface area contributed by atoms with Gasteiger partial charge in [0.25, 0.3) is 0 Å². The van der Waals surface area contributed by atoms with Crippen LogP contribution in [0.4, 0.5) is 5.69 Å². The molecule has 15 heavy (non-hydrogen) atoms. The Labute approximate surface area is 105 Å². The van der Waals surface area contributed by atoms with Gasteiger partial charge in [0.1, 0.15) is 0 Å². The number of nitrogens with one attached hydrogen (secondary N) is 1. The van der Waals surface area contributed by atoms with Crippen LogP contribution in [0.1, 0.15) is 6.92 Å². The van der Waals surface area contributed by atoms with Crippen molar-refractivity contribution in [2.45, 2.75) is 11.8 Å². The molecule has 0 aliphatic heterocycles. The van der Waals surface area contributed by atoms with Crippen LogP contribution in [0.2, 0.25) is 0 Å². The molecule has 1 amide bonds. The lowest BCUT2D eigenvalue weighted by atomic mass is 10.3. The van der Waals surface area contributed by atoms with Gasteiger partial charge in [-0.05, 0) is 24.3 Å². The van der Waals surface area contributed by atoms with Crippen LogP contribution in [-0.2, 0) is 14.8 Å². The zero-order chi connectivity index (χ0) is 10.8. The second-order valence-electron chi connectivity index (χ2n) is 2.75. The Morgan fingerprint density at radius 3 is 2.07 bits per heavy atom. The van der Waals surface area contributed by atoms with E-state index in [4.69, 9.17) is 5.14 Å². The molecular formula is C8H11IN2O3S. The third-order valence-electron chi connectivity index (χ3n) is 1.50. The van der Waals surface area contributed by atoms with Gasteiger partial charge in [0.2, 0.25) is 15.9 Å². The predicted octanol–water partition coefficient (Wildman–Crippen LogP) is 0.910. The third kappa shape index (κ3) is 4.58. The Morgan fingerprint density at radius 1 is 1.27 bits per heavy atom. The second kappa shape index (κ2) is 5.42. The molecule has 0 aromatic heterocycles. The first-order chi connectivity index (χ1) is 6.39. The molecule has 0 spiro atoms. The Hall–Kier alpha value is -0.670. The number of benzene rings is 1. The van der Waals surface area contributed by atoms with Gasteiger partial charge < -0.3 is 5.32 Å². The first kappa shape index (κ1) is 14.3. The van der Waals surface area contributed by atoms with Gasteiger partial charge >= 0.3 is 0 Å². The molecule has 0 fully saturated rings. The average Bonchev–Trinajstić information content (AvgIpc) is 2.02. The van der Waals surface area contributed by atoms with Crippen LogP contribution >= 0.6 is 24.0 Å². The van der Waals surface area contributed by atoms with Gasteiger partial charge in [0, 0.05) is 12.6 Å². The SMILES string of the molecule is CC(=O)Nc1ccc(S(N)(=O)=O)cc1.I. The molecular weight excluding hydrogens is 331 g/mol. The topological polar surface area (TPSA) is 89.3 Å². The molecule has 0 radical (unpaired) electrons. The van der Waals surface area contributed by atoms with Crippen molar-refractivity contribution >= 4 is 45.6 Å². The van der Waals surface area contributed by atoms with Crippen molar-refractivity contribution in [3.8, 4) is 0 Å². The van der Waals surface area contributed by atoms with Crippen LogP contribution in [0, 0.1) is 0 Å². The van der Waals surface area contributed by atoms with E-state index >= 15 is 0 Å². The highest BCUT2D eigenvalue weighted by Crippen LogP contribution is 2.12. The number of hydrogen-bond donors (Lipinski definition) is 2. The fourth-order valence-electron chi connectivity index (χ4n) is 0.931. The van der Waals surface area contributed by atoms with Crippen molar-refractivity contribution in [3.05, 3.63) is 24.3 Å². The highest BCUT2D eigenvalue weighted by Gasteiger charge is 2.06. The number of rotatable bonds is 2. The number of halogens is 1. The number of amides is 1. The minimum Gasteiger partial charge on any atom is -0.326 e. The zero-order valence-electron chi connectivity index (χ0n) is 7.93. The second-order valence-corrected chi connectivity index (χ2v) is 4.31. The standard InChI is InChI=1S/C8H10N2O3S.HI/c1-6(11)10-7-2-4-8(5-3-7)14(9,12)13;/h2-5H,1H3,(H,10,11)(H2,9,12,13);1H. The number of anilines is 1. The van der Waals surface area contributed by atoms with Gasteiger partial charge in [-0.25, -0.2) is 13.6 Å². The number of hydrogen-bond acceptors (Lipinski definition) is 3.